The highest BCUT2D eigenvalue weighted by Crippen LogP contribution is 2.52. The standard InChI is InChI=1S/C30H25F9N2O4/c31-28(32,33)43-21-7-1-4-18(10-21)13-40-15-24-25(16-40)26(24)17-41(14-19-5-2-8-22(11-19)44-29(34,35)36)27(42)20-6-3-9-23(12-20)45-30(37,38)39/h1-12,24-26H,13-17H2. The highest BCUT2D eigenvalue weighted by Gasteiger charge is 2.56. The summed E-state index contributed by atoms with van der Waals surface area (Å²) < 4.78 is 126. The Labute approximate surface area is 250 Å². The maximum Gasteiger partial charge on any atom is 0.573 e. The molecular weight excluding hydrogens is 623 g/mol. The molecule has 2 unspecified atom stereocenters. The van der Waals surface area contributed by atoms with E-state index in [9.17, 15) is 44.3 Å². The molecule has 45 heavy (non-hydrogen) atoms. The van der Waals surface area contributed by atoms with Crippen LogP contribution in [0.5, 0.6) is 17.2 Å². The summed E-state index contributed by atoms with van der Waals surface area (Å²) in [5.41, 5.74) is 0.822. The maximum absolute atomic E-state index is 13.6. The highest BCUT2D eigenvalue weighted by atomic mass is 19.4. The molecule has 3 aromatic rings. The molecule has 6 nitrogen and oxygen atoms in total. The molecule has 2 atom stereocenters. The smallest absolute Gasteiger partial charge is 0.406 e. The Hall–Kier alpha value is -4.14. The van der Waals surface area contributed by atoms with Gasteiger partial charge in [-0.05, 0) is 71.3 Å². The molecule has 1 aliphatic heterocycles. The first-order chi connectivity index (χ1) is 21.0. The number of halogens is 9. The van der Waals surface area contributed by atoms with Gasteiger partial charge in [-0.1, -0.05) is 30.3 Å². The molecule has 0 aromatic heterocycles. The third-order valence-corrected chi connectivity index (χ3v) is 7.52. The normalized spacial score (nSPS) is 20.0. The van der Waals surface area contributed by atoms with Crippen molar-refractivity contribution in [3.8, 4) is 17.2 Å². The Morgan fingerprint density at radius 3 is 1.69 bits per heavy atom. The third kappa shape index (κ3) is 9.19. The van der Waals surface area contributed by atoms with Gasteiger partial charge in [0.2, 0.25) is 0 Å². The second kappa shape index (κ2) is 12.3. The van der Waals surface area contributed by atoms with E-state index in [-0.39, 0.29) is 42.2 Å². The van der Waals surface area contributed by atoms with E-state index in [0.717, 1.165) is 24.3 Å². The fourth-order valence-electron chi connectivity index (χ4n) is 5.78. The molecule has 1 amide bonds. The number of nitrogens with zero attached hydrogens (tertiary/aromatic N) is 2. The molecule has 0 spiro atoms. The lowest BCUT2D eigenvalue weighted by Gasteiger charge is -2.26. The number of fused-ring (bicyclic) bond motifs is 1. The summed E-state index contributed by atoms with van der Waals surface area (Å²) in [6.07, 6.45) is -14.7. The van der Waals surface area contributed by atoms with Gasteiger partial charge in [0.1, 0.15) is 17.2 Å². The van der Waals surface area contributed by atoms with Gasteiger partial charge >= 0.3 is 19.1 Å². The number of piperidine rings is 1. The van der Waals surface area contributed by atoms with E-state index in [1.165, 1.54) is 47.4 Å². The topological polar surface area (TPSA) is 51.2 Å². The van der Waals surface area contributed by atoms with Crippen molar-refractivity contribution in [2.45, 2.75) is 32.2 Å². The minimum Gasteiger partial charge on any atom is -0.406 e. The number of amides is 1. The average molecular weight is 649 g/mol. The van der Waals surface area contributed by atoms with Crippen molar-refractivity contribution in [2.75, 3.05) is 19.6 Å². The Kier molecular flexibility index (Phi) is 8.84. The number of carbonyl (C=O) groups is 1. The first-order valence-corrected chi connectivity index (χ1v) is 13.6. The number of likely N-dealkylation sites (tertiary alicyclic amines) is 1. The SMILES string of the molecule is O=C(c1cccc(OC(F)(F)F)c1)N(Cc1cccc(OC(F)(F)F)c1)CC1C2CN(Cc3cccc(OC(F)(F)F)c3)CC21. The summed E-state index contributed by atoms with van der Waals surface area (Å²) >= 11 is 0. The minimum atomic E-state index is -4.98. The van der Waals surface area contributed by atoms with Crippen molar-refractivity contribution < 1.29 is 58.5 Å². The summed E-state index contributed by atoms with van der Waals surface area (Å²) in [6, 6.07) is 15.2. The highest BCUT2D eigenvalue weighted by molar-refractivity contribution is 5.94. The second-order valence-corrected chi connectivity index (χ2v) is 10.8. The fourth-order valence-corrected chi connectivity index (χ4v) is 5.78. The minimum absolute atomic E-state index is 0.00527. The van der Waals surface area contributed by atoms with Gasteiger partial charge in [-0.25, -0.2) is 0 Å². The average Bonchev–Trinajstić information content (AvgIpc) is 3.34. The van der Waals surface area contributed by atoms with E-state index in [1.807, 2.05) is 0 Å². The van der Waals surface area contributed by atoms with Gasteiger partial charge in [0.15, 0.2) is 0 Å². The van der Waals surface area contributed by atoms with Crippen LogP contribution in [0.25, 0.3) is 0 Å². The second-order valence-electron chi connectivity index (χ2n) is 10.8. The largest absolute Gasteiger partial charge is 0.573 e. The van der Waals surface area contributed by atoms with Crippen LogP contribution in [0.1, 0.15) is 21.5 Å². The van der Waals surface area contributed by atoms with Gasteiger partial charge in [0.05, 0.1) is 0 Å². The third-order valence-electron chi connectivity index (χ3n) is 7.52. The van der Waals surface area contributed by atoms with Crippen LogP contribution in [0.15, 0.2) is 72.8 Å². The van der Waals surface area contributed by atoms with Crippen LogP contribution >= 0.6 is 0 Å². The molecule has 242 valence electrons. The van der Waals surface area contributed by atoms with Crippen molar-refractivity contribution >= 4 is 5.91 Å². The number of hydrogen-bond acceptors (Lipinski definition) is 5. The molecule has 1 aliphatic carbocycles. The van der Waals surface area contributed by atoms with Crippen LogP contribution in [-0.2, 0) is 13.1 Å². The monoisotopic (exact) mass is 648 g/mol. The molecule has 0 bridgehead atoms. The van der Waals surface area contributed by atoms with Gasteiger partial charge < -0.3 is 19.1 Å². The van der Waals surface area contributed by atoms with Gasteiger partial charge in [-0.15, -0.1) is 39.5 Å². The van der Waals surface area contributed by atoms with E-state index in [1.54, 1.807) is 6.07 Å². The number of hydrogen-bond donors (Lipinski definition) is 0. The van der Waals surface area contributed by atoms with Crippen LogP contribution in [-0.4, -0.2) is 54.4 Å². The molecule has 2 fully saturated rings. The fraction of sp³-hybridized carbons (Fsp3) is 0.367. The van der Waals surface area contributed by atoms with Crippen LogP contribution in [0.4, 0.5) is 39.5 Å². The predicted octanol–water partition coefficient (Wildman–Crippen LogP) is 7.40. The van der Waals surface area contributed by atoms with E-state index in [0.29, 0.717) is 30.8 Å². The lowest BCUT2D eigenvalue weighted by atomic mass is 10.1. The molecular formula is C30H25F9N2O4. The first-order valence-electron chi connectivity index (χ1n) is 13.6. The number of alkyl halides is 9. The summed E-state index contributed by atoms with van der Waals surface area (Å²) in [5, 5.41) is 0. The zero-order chi connectivity index (χ0) is 32.6. The van der Waals surface area contributed by atoms with Crippen LogP contribution in [0.2, 0.25) is 0 Å². The number of benzene rings is 3. The van der Waals surface area contributed by atoms with Crippen molar-refractivity contribution in [3.05, 3.63) is 89.5 Å². The Morgan fingerprint density at radius 1 is 0.689 bits per heavy atom. The molecule has 1 saturated heterocycles. The number of rotatable bonds is 10. The summed E-state index contributed by atoms with van der Waals surface area (Å²) in [4.78, 5) is 17.0. The summed E-state index contributed by atoms with van der Waals surface area (Å²) in [6.45, 7) is 1.57. The van der Waals surface area contributed by atoms with Crippen molar-refractivity contribution in [1.82, 2.24) is 9.80 Å². The number of ether oxygens (including phenoxy) is 3. The molecule has 1 saturated carbocycles. The van der Waals surface area contributed by atoms with E-state index in [4.69, 9.17) is 0 Å². The Balaban J connectivity index is 1.28. The zero-order valence-electron chi connectivity index (χ0n) is 23.1. The molecule has 0 N–H and O–H groups in total. The van der Waals surface area contributed by atoms with Gasteiger partial charge in [0.25, 0.3) is 5.91 Å². The van der Waals surface area contributed by atoms with Crippen molar-refractivity contribution in [1.29, 1.82) is 0 Å². The first kappa shape index (κ1) is 32.3. The van der Waals surface area contributed by atoms with Crippen LogP contribution in [0, 0.1) is 17.8 Å². The van der Waals surface area contributed by atoms with Gasteiger partial charge in [0, 0.05) is 38.3 Å². The zero-order valence-corrected chi connectivity index (χ0v) is 23.1. The van der Waals surface area contributed by atoms with E-state index in [2.05, 4.69) is 19.1 Å². The lowest BCUT2D eigenvalue weighted by molar-refractivity contribution is -0.275. The molecule has 15 heteroatoms. The van der Waals surface area contributed by atoms with Crippen LogP contribution < -0.4 is 14.2 Å². The molecule has 3 aromatic carbocycles. The van der Waals surface area contributed by atoms with Gasteiger partial charge in [-0.3, -0.25) is 9.69 Å². The lowest BCUT2D eigenvalue weighted by Crippen LogP contribution is -2.35. The molecule has 5 rings (SSSR count). The Morgan fingerprint density at radius 2 is 1.16 bits per heavy atom. The summed E-state index contributed by atoms with van der Waals surface area (Å²) in [5.74, 6) is -1.80. The molecule has 1 heterocycles. The quantitative estimate of drug-likeness (QED) is 0.215. The Bertz CT molecular complexity index is 1500. The van der Waals surface area contributed by atoms with Crippen molar-refractivity contribution in [2.24, 2.45) is 17.8 Å². The van der Waals surface area contributed by atoms with Gasteiger partial charge in [-0.2, -0.15) is 0 Å². The summed E-state index contributed by atoms with van der Waals surface area (Å²) in [7, 11) is 0. The van der Waals surface area contributed by atoms with E-state index >= 15 is 0 Å². The maximum atomic E-state index is 13.6. The van der Waals surface area contributed by atoms with E-state index < -0.39 is 36.5 Å². The molecule has 0 radical (unpaired) electrons. The molecule has 2 aliphatic rings. The van der Waals surface area contributed by atoms with Crippen molar-refractivity contribution in [3.63, 3.8) is 0 Å². The van der Waals surface area contributed by atoms with Crippen LogP contribution in [0.3, 0.4) is 0 Å². The predicted molar refractivity (Wildman–Crippen MR) is 140 cm³/mol. The number of carbonyl (C=O) groups excluding carboxylic acids is 1.